The van der Waals surface area contributed by atoms with E-state index in [1.54, 1.807) is 11.3 Å². The van der Waals surface area contributed by atoms with Crippen molar-refractivity contribution in [3.05, 3.63) is 22.8 Å². The number of benzene rings is 1. The smallest absolute Gasteiger partial charge is 0.163 e. The number of nitrogens with zero attached hydrogens (tertiary/aromatic N) is 2. The first kappa shape index (κ1) is 11.7. The molecule has 3 heterocycles. The van der Waals surface area contributed by atoms with Crippen molar-refractivity contribution in [2.75, 3.05) is 13.2 Å². The number of H-pyrrole nitrogens is 1. The van der Waals surface area contributed by atoms with Gasteiger partial charge >= 0.3 is 0 Å². The molecule has 0 unspecified atom stereocenters. The van der Waals surface area contributed by atoms with Crippen LogP contribution in [-0.2, 0) is 0 Å². The molecule has 102 valence electrons. The summed E-state index contributed by atoms with van der Waals surface area (Å²) in [6.45, 7) is 5.18. The fourth-order valence-corrected chi connectivity index (χ4v) is 3.27. The van der Waals surface area contributed by atoms with Gasteiger partial charge in [-0.15, -0.1) is 11.3 Å². The highest BCUT2D eigenvalue weighted by Gasteiger charge is 2.17. The van der Waals surface area contributed by atoms with Gasteiger partial charge in [0.1, 0.15) is 13.2 Å². The summed E-state index contributed by atoms with van der Waals surface area (Å²) in [6, 6.07) is 3.87. The van der Waals surface area contributed by atoms with Crippen LogP contribution in [0.4, 0.5) is 0 Å². The Morgan fingerprint density at radius 1 is 1.10 bits per heavy atom. The third kappa shape index (κ3) is 1.76. The molecule has 0 saturated carbocycles. The molecule has 4 rings (SSSR count). The Balaban J connectivity index is 1.88. The van der Waals surface area contributed by atoms with E-state index in [-0.39, 0.29) is 0 Å². The third-order valence-corrected chi connectivity index (χ3v) is 4.34. The van der Waals surface area contributed by atoms with E-state index < -0.39 is 0 Å². The van der Waals surface area contributed by atoms with E-state index in [9.17, 15) is 0 Å². The molecule has 0 saturated heterocycles. The Labute approximate surface area is 119 Å². The maximum atomic E-state index is 5.59. The van der Waals surface area contributed by atoms with Crippen molar-refractivity contribution >= 4 is 22.4 Å². The molecule has 6 heteroatoms. The number of thiazole rings is 1. The van der Waals surface area contributed by atoms with Gasteiger partial charge in [0.25, 0.3) is 0 Å². The number of aromatic amines is 1. The fraction of sp³-hybridized carbons (Fsp3) is 0.286. The normalized spacial score (nSPS) is 13.9. The molecule has 1 N–H and O–H groups in total. The highest BCUT2D eigenvalue weighted by atomic mass is 32.1. The average Bonchev–Trinajstić information content (AvgIpc) is 2.98. The van der Waals surface area contributed by atoms with Crippen LogP contribution in [0.15, 0.2) is 12.1 Å². The second-order valence-corrected chi connectivity index (χ2v) is 5.95. The highest BCUT2D eigenvalue weighted by molar-refractivity contribution is 7.15. The van der Waals surface area contributed by atoms with Crippen molar-refractivity contribution in [2.24, 2.45) is 0 Å². The zero-order valence-electron chi connectivity index (χ0n) is 11.2. The van der Waals surface area contributed by atoms with Crippen LogP contribution in [0, 0.1) is 13.8 Å². The maximum Gasteiger partial charge on any atom is 0.163 e. The van der Waals surface area contributed by atoms with Gasteiger partial charge in [0.05, 0.1) is 26.6 Å². The van der Waals surface area contributed by atoms with Crippen molar-refractivity contribution in [3.8, 4) is 22.2 Å². The van der Waals surface area contributed by atoms with Gasteiger partial charge in [-0.25, -0.2) is 9.97 Å². The van der Waals surface area contributed by atoms with Gasteiger partial charge in [-0.3, -0.25) is 0 Å². The number of fused-ring (bicyclic) bond motifs is 2. The minimum atomic E-state index is 0.586. The summed E-state index contributed by atoms with van der Waals surface area (Å²) in [6.07, 6.45) is 0. The summed E-state index contributed by atoms with van der Waals surface area (Å²) in [5.74, 6) is 2.39. The molecule has 0 atom stereocenters. The Bertz CT molecular complexity index is 763. The predicted octanol–water partition coefficient (Wildman–Crippen LogP) is 3.07. The van der Waals surface area contributed by atoms with Crippen molar-refractivity contribution in [3.63, 3.8) is 0 Å². The third-order valence-electron chi connectivity index (χ3n) is 3.26. The minimum absolute atomic E-state index is 0.586. The second-order valence-electron chi connectivity index (χ2n) is 4.75. The van der Waals surface area contributed by atoms with Crippen LogP contribution in [0.1, 0.15) is 10.7 Å². The minimum Gasteiger partial charge on any atom is -0.486 e. The molecule has 5 nitrogen and oxygen atoms in total. The molecule has 0 bridgehead atoms. The van der Waals surface area contributed by atoms with Gasteiger partial charge < -0.3 is 14.5 Å². The number of hydrogen-bond acceptors (Lipinski definition) is 5. The Kier molecular flexibility index (Phi) is 2.47. The van der Waals surface area contributed by atoms with Crippen molar-refractivity contribution in [1.82, 2.24) is 15.0 Å². The van der Waals surface area contributed by atoms with E-state index in [4.69, 9.17) is 9.47 Å². The van der Waals surface area contributed by atoms with Crippen LogP contribution in [-0.4, -0.2) is 28.2 Å². The largest absolute Gasteiger partial charge is 0.486 e. The van der Waals surface area contributed by atoms with Crippen LogP contribution in [0.25, 0.3) is 21.7 Å². The Morgan fingerprint density at radius 2 is 1.85 bits per heavy atom. The molecule has 0 fully saturated rings. The first-order valence-electron chi connectivity index (χ1n) is 6.44. The lowest BCUT2D eigenvalue weighted by Gasteiger charge is -2.17. The molecular weight excluding hydrogens is 274 g/mol. The zero-order chi connectivity index (χ0) is 13.7. The topological polar surface area (TPSA) is 60.0 Å². The summed E-state index contributed by atoms with van der Waals surface area (Å²) >= 11 is 1.65. The lowest BCUT2D eigenvalue weighted by Crippen LogP contribution is -2.15. The van der Waals surface area contributed by atoms with Gasteiger partial charge in [0.15, 0.2) is 17.3 Å². The Morgan fingerprint density at radius 3 is 2.55 bits per heavy atom. The van der Waals surface area contributed by atoms with Gasteiger partial charge in [0.2, 0.25) is 0 Å². The molecule has 0 radical (unpaired) electrons. The van der Waals surface area contributed by atoms with Crippen LogP contribution in [0.5, 0.6) is 11.5 Å². The van der Waals surface area contributed by atoms with E-state index in [1.807, 2.05) is 26.0 Å². The number of ether oxygens (including phenoxy) is 2. The SMILES string of the molecule is Cc1nc(C)c(-c2nc3cc4c(cc3[nH]2)OCCO4)s1. The van der Waals surface area contributed by atoms with Crippen molar-refractivity contribution < 1.29 is 9.47 Å². The molecule has 2 aromatic heterocycles. The van der Waals surface area contributed by atoms with E-state index in [2.05, 4.69) is 15.0 Å². The standard InChI is InChI=1S/C14H13N3O2S/c1-7-13(20-8(2)15-7)14-16-9-5-11-12(6-10(9)17-14)19-4-3-18-11/h5-6H,3-4H2,1-2H3,(H,16,17). The van der Waals surface area contributed by atoms with Crippen LogP contribution < -0.4 is 9.47 Å². The van der Waals surface area contributed by atoms with Crippen LogP contribution in [0.2, 0.25) is 0 Å². The van der Waals surface area contributed by atoms with Crippen molar-refractivity contribution in [2.45, 2.75) is 13.8 Å². The number of imidazole rings is 1. The summed E-state index contributed by atoms with van der Waals surface area (Å²) in [5, 5.41) is 1.05. The van der Waals surface area contributed by atoms with Crippen molar-refractivity contribution in [1.29, 1.82) is 0 Å². The average molecular weight is 287 g/mol. The highest BCUT2D eigenvalue weighted by Crippen LogP contribution is 2.36. The quantitative estimate of drug-likeness (QED) is 0.747. The van der Waals surface area contributed by atoms with Crippen LogP contribution >= 0.6 is 11.3 Å². The van der Waals surface area contributed by atoms with E-state index in [1.165, 1.54) is 0 Å². The van der Waals surface area contributed by atoms with E-state index in [0.717, 1.165) is 43.9 Å². The lowest BCUT2D eigenvalue weighted by molar-refractivity contribution is 0.172. The first-order chi connectivity index (χ1) is 9.70. The second kappa shape index (κ2) is 4.21. The molecule has 0 amide bonds. The van der Waals surface area contributed by atoms with Gasteiger partial charge in [0, 0.05) is 12.1 Å². The van der Waals surface area contributed by atoms with Gasteiger partial charge in [-0.05, 0) is 13.8 Å². The molecule has 1 aliphatic rings. The number of nitrogens with one attached hydrogen (secondary N) is 1. The zero-order valence-corrected chi connectivity index (χ0v) is 12.0. The monoisotopic (exact) mass is 287 g/mol. The molecule has 1 aromatic carbocycles. The fourth-order valence-electron chi connectivity index (χ4n) is 2.41. The summed E-state index contributed by atoms with van der Waals surface area (Å²) in [7, 11) is 0. The first-order valence-corrected chi connectivity index (χ1v) is 7.26. The van der Waals surface area contributed by atoms with Crippen LogP contribution in [0.3, 0.4) is 0 Å². The molecular formula is C14H13N3O2S. The molecule has 0 spiro atoms. The van der Waals surface area contributed by atoms with E-state index >= 15 is 0 Å². The number of rotatable bonds is 1. The molecule has 20 heavy (non-hydrogen) atoms. The lowest BCUT2D eigenvalue weighted by atomic mass is 10.2. The molecule has 1 aliphatic heterocycles. The molecule has 0 aliphatic carbocycles. The summed E-state index contributed by atoms with van der Waals surface area (Å²) in [4.78, 5) is 13.5. The summed E-state index contributed by atoms with van der Waals surface area (Å²) in [5.41, 5.74) is 2.84. The number of hydrogen-bond donors (Lipinski definition) is 1. The van der Waals surface area contributed by atoms with Gasteiger partial charge in [-0.2, -0.15) is 0 Å². The number of aryl methyl sites for hydroxylation is 2. The summed E-state index contributed by atoms with van der Waals surface area (Å²) < 4.78 is 11.2. The van der Waals surface area contributed by atoms with E-state index in [0.29, 0.717) is 13.2 Å². The predicted molar refractivity (Wildman–Crippen MR) is 77.7 cm³/mol. The Hall–Kier alpha value is -2.08. The number of aromatic nitrogens is 3. The molecule has 3 aromatic rings. The maximum absolute atomic E-state index is 5.59. The van der Waals surface area contributed by atoms with Gasteiger partial charge in [-0.1, -0.05) is 0 Å².